The number of nitrogens with one attached hydrogen (secondary N) is 2. The quantitative estimate of drug-likeness (QED) is 0.619. The molecule has 1 fully saturated rings. The van der Waals surface area contributed by atoms with Gasteiger partial charge >= 0.3 is 0 Å². The molecule has 0 aliphatic heterocycles. The van der Waals surface area contributed by atoms with Crippen LogP contribution in [0.5, 0.6) is 0 Å². The summed E-state index contributed by atoms with van der Waals surface area (Å²) in [5.41, 5.74) is 0.207. The molecule has 0 bridgehead atoms. The predicted octanol–water partition coefficient (Wildman–Crippen LogP) is 3.17. The molecule has 2 atom stereocenters. The number of hydrogen-bond donors (Lipinski definition) is 3. The van der Waals surface area contributed by atoms with Crippen LogP contribution in [0.2, 0.25) is 0 Å². The summed E-state index contributed by atoms with van der Waals surface area (Å²) in [6.07, 6.45) is 0.567. The van der Waals surface area contributed by atoms with Gasteiger partial charge in [0.1, 0.15) is 16.5 Å². The van der Waals surface area contributed by atoms with Gasteiger partial charge in [-0.3, -0.25) is 4.79 Å². The van der Waals surface area contributed by atoms with E-state index in [1.54, 1.807) is 0 Å². The number of anilines is 1. The van der Waals surface area contributed by atoms with Gasteiger partial charge in [-0.1, -0.05) is 0 Å². The fourth-order valence-corrected chi connectivity index (χ4v) is 4.74. The van der Waals surface area contributed by atoms with E-state index in [1.165, 1.54) is 12.1 Å². The van der Waals surface area contributed by atoms with Gasteiger partial charge < -0.3 is 10.4 Å². The van der Waals surface area contributed by atoms with Gasteiger partial charge in [-0.25, -0.2) is 21.9 Å². The lowest BCUT2D eigenvalue weighted by Crippen LogP contribution is -2.34. The largest absolute Gasteiger partial charge is 0.393 e. The van der Waals surface area contributed by atoms with Crippen molar-refractivity contribution in [3.05, 3.63) is 58.1 Å². The SMILES string of the molecule is O=C(Nc1ccc(F)c(Br)c1)c1ccc(F)c(S(=O)(=O)NC2CCC(O)C2)c1. The standard InChI is InChI=1S/C18H17BrF2N2O4S/c19-14-9-11(3-6-15(14)20)22-18(25)10-1-5-16(21)17(7-10)28(26,27)23-12-2-4-13(24)8-12/h1,3,5-7,9,12-13,23-24H,2,4,8H2,(H,22,25). The minimum atomic E-state index is -4.21. The van der Waals surface area contributed by atoms with Gasteiger partial charge in [-0.15, -0.1) is 0 Å². The van der Waals surface area contributed by atoms with Gasteiger partial charge in [-0.2, -0.15) is 0 Å². The van der Waals surface area contributed by atoms with Gasteiger partial charge in [0.25, 0.3) is 5.91 Å². The molecule has 3 rings (SSSR count). The van der Waals surface area contributed by atoms with Gasteiger partial charge in [0, 0.05) is 17.3 Å². The molecular formula is C18H17BrF2N2O4S. The van der Waals surface area contributed by atoms with E-state index >= 15 is 0 Å². The lowest BCUT2D eigenvalue weighted by Gasteiger charge is -2.14. The molecule has 1 aliphatic carbocycles. The summed E-state index contributed by atoms with van der Waals surface area (Å²) in [6.45, 7) is 0. The highest BCUT2D eigenvalue weighted by Crippen LogP contribution is 2.24. The molecular weight excluding hydrogens is 458 g/mol. The maximum absolute atomic E-state index is 14.2. The molecule has 2 aromatic carbocycles. The minimum absolute atomic E-state index is 0.0753. The summed E-state index contributed by atoms with van der Waals surface area (Å²) in [6, 6.07) is 6.34. The molecule has 28 heavy (non-hydrogen) atoms. The highest BCUT2D eigenvalue weighted by molar-refractivity contribution is 9.10. The maximum Gasteiger partial charge on any atom is 0.255 e. The fourth-order valence-electron chi connectivity index (χ4n) is 2.98. The Labute approximate surface area is 169 Å². The molecule has 1 amide bonds. The van der Waals surface area contributed by atoms with Crippen LogP contribution < -0.4 is 10.0 Å². The number of aliphatic hydroxyl groups excluding tert-OH is 1. The first-order valence-corrected chi connectivity index (χ1v) is 10.7. The number of benzene rings is 2. The van der Waals surface area contributed by atoms with Crippen molar-refractivity contribution in [2.75, 3.05) is 5.32 Å². The lowest BCUT2D eigenvalue weighted by molar-refractivity contribution is 0.102. The zero-order valence-corrected chi connectivity index (χ0v) is 16.9. The molecule has 2 unspecified atom stereocenters. The molecule has 0 aromatic heterocycles. The molecule has 2 aromatic rings. The summed E-state index contributed by atoms with van der Waals surface area (Å²) in [5, 5.41) is 12.0. The summed E-state index contributed by atoms with van der Waals surface area (Å²) < 4.78 is 55.0. The normalized spacial score (nSPS) is 19.6. The topological polar surface area (TPSA) is 95.5 Å². The Kier molecular flexibility index (Phi) is 6.13. The average molecular weight is 475 g/mol. The van der Waals surface area contributed by atoms with Gasteiger partial charge in [0.05, 0.1) is 10.6 Å². The Morgan fingerprint density at radius 1 is 1.11 bits per heavy atom. The van der Waals surface area contributed by atoms with Gasteiger partial charge in [0.15, 0.2) is 0 Å². The van der Waals surface area contributed by atoms with Crippen molar-refractivity contribution >= 4 is 37.5 Å². The van der Waals surface area contributed by atoms with E-state index in [2.05, 4.69) is 26.0 Å². The Balaban J connectivity index is 1.82. The molecule has 0 heterocycles. The lowest BCUT2D eigenvalue weighted by atomic mass is 10.2. The van der Waals surface area contributed by atoms with Crippen molar-refractivity contribution in [1.29, 1.82) is 0 Å². The number of amides is 1. The first kappa shape index (κ1) is 20.8. The highest BCUT2D eigenvalue weighted by Gasteiger charge is 2.29. The number of carbonyl (C=O) groups excluding carboxylic acids is 1. The molecule has 6 nitrogen and oxygen atoms in total. The fraction of sp³-hybridized carbons (Fsp3) is 0.278. The molecule has 1 saturated carbocycles. The van der Waals surface area contributed by atoms with Crippen LogP contribution in [0.1, 0.15) is 29.6 Å². The van der Waals surface area contributed by atoms with Crippen molar-refractivity contribution < 1.29 is 27.1 Å². The smallest absolute Gasteiger partial charge is 0.255 e. The second kappa shape index (κ2) is 8.24. The molecule has 10 heteroatoms. The van der Waals surface area contributed by atoms with E-state index in [-0.39, 0.29) is 22.1 Å². The van der Waals surface area contributed by atoms with Crippen LogP contribution in [-0.4, -0.2) is 31.6 Å². The zero-order chi connectivity index (χ0) is 20.5. The first-order valence-electron chi connectivity index (χ1n) is 8.42. The van der Waals surface area contributed by atoms with Crippen molar-refractivity contribution in [2.45, 2.75) is 36.3 Å². The van der Waals surface area contributed by atoms with Crippen molar-refractivity contribution in [1.82, 2.24) is 4.72 Å². The first-order chi connectivity index (χ1) is 13.2. The van der Waals surface area contributed by atoms with Crippen LogP contribution in [0.25, 0.3) is 0 Å². The van der Waals surface area contributed by atoms with E-state index in [0.29, 0.717) is 12.8 Å². The van der Waals surface area contributed by atoms with E-state index in [4.69, 9.17) is 0 Å². The van der Waals surface area contributed by atoms with Crippen LogP contribution in [0.15, 0.2) is 45.8 Å². The molecule has 1 aliphatic rings. The number of rotatable bonds is 5. The summed E-state index contributed by atoms with van der Waals surface area (Å²) in [7, 11) is -4.21. The number of hydrogen-bond acceptors (Lipinski definition) is 4. The van der Waals surface area contributed by atoms with Crippen LogP contribution in [0.3, 0.4) is 0 Å². The van der Waals surface area contributed by atoms with E-state index in [9.17, 15) is 27.1 Å². The number of halogens is 3. The molecule has 3 N–H and O–H groups in total. The van der Waals surface area contributed by atoms with Crippen molar-refractivity contribution in [3.63, 3.8) is 0 Å². The number of sulfonamides is 1. The Hall–Kier alpha value is -1.88. The summed E-state index contributed by atoms with van der Waals surface area (Å²) >= 11 is 3.00. The van der Waals surface area contributed by atoms with Crippen LogP contribution >= 0.6 is 15.9 Å². The van der Waals surface area contributed by atoms with E-state index < -0.39 is 44.6 Å². The predicted molar refractivity (Wildman–Crippen MR) is 102 cm³/mol. The minimum Gasteiger partial charge on any atom is -0.393 e. The van der Waals surface area contributed by atoms with E-state index in [1.807, 2.05) is 0 Å². The van der Waals surface area contributed by atoms with Crippen LogP contribution in [0, 0.1) is 11.6 Å². The van der Waals surface area contributed by atoms with E-state index in [0.717, 1.165) is 24.3 Å². The zero-order valence-electron chi connectivity index (χ0n) is 14.5. The third-order valence-electron chi connectivity index (χ3n) is 4.39. The van der Waals surface area contributed by atoms with Gasteiger partial charge in [-0.05, 0) is 71.6 Å². The molecule has 0 saturated heterocycles. The third kappa shape index (κ3) is 4.75. The maximum atomic E-state index is 14.2. The third-order valence-corrected chi connectivity index (χ3v) is 6.53. The number of aliphatic hydroxyl groups is 1. The molecule has 0 radical (unpaired) electrons. The second-order valence-electron chi connectivity index (χ2n) is 6.51. The average Bonchev–Trinajstić information content (AvgIpc) is 3.02. The van der Waals surface area contributed by atoms with Crippen LogP contribution in [0.4, 0.5) is 14.5 Å². The summed E-state index contributed by atoms with van der Waals surface area (Å²) in [5.74, 6) is -2.17. The highest BCUT2D eigenvalue weighted by atomic mass is 79.9. The Morgan fingerprint density at radius 3 is 2.46 bits per heavy atom. The van der Waals surface area contributed by atoms with Gasteiger partial charge in [0.2, 0.25) is 10.0 Å². The van der Waals surface area contributed by atoms with Crippen molar-refractivity contribution in [3.8, 4) is 0 Å². The van der Waals surface area contributed by atoms with Crippen LogP contribution in [-0.2, 0) is 10.0 Å². The Morgan fingerprint density at radius 2 is 1.82 bits per heavy atom. The number of carbonyl (C=O) groups is 1. The monoisotopic (exact) mass is 474 g/mol. The molecule has 0 spiro atoms. The Bertz CT molecular complexity index is 1020. The second-order valence-corrected chi connectivity index (χ2v) is 9.05. The van der Waals surface area contributed by atoms with Crippen molar-refractivity contribution in [2.24, 2.45) is 0 Å². The molecule has 150 valence electrons. The summed E-state index contributed by atoms with van der Waals surface area (Å²) in [4.78, 5) is 11.7.